The van der Waals surface area contributed by atoms with Crippen molar-refractivity contribution in [2.75, 3.05) is 31.5 Å². The molecular weight excluding hydrogens is 226 g/mol. The molecule has 1 fully saturated rings. The molecule has 18 heavy (non-hydrogen) atoms. The number of nitrogens with one attached hydrogen (secondary N) is 2. The average Bonchev–Trinajstić information content (AvgIpc) is 2.74. The molecule has 3 rings (SSSR count). The molecule has 1 unspecified atom stereocenters. The van der Waals surface area contributed by atoms with Crippen LogP contribution in [0.2, 0.25) is 0 Å². The largest absolute Gasteiger partial charge is 0.324 e. The van der Waals surface area contributed by atoms with E-state index in [0.29, 0.717) is 0 Å². The molecule has 1 amide bonds. The lowest BCUT2D eigenvalue weighted by Gasteiger charge is -2.31. The van der Waals surface area contributed by atoms with Gasteiger partial charge in [0.15, 0.2) is 0 Å². The highest BCUT2D eigenvalue weighted by molar-refractivity contribution is 6.02. The number of fused-ring (bicyclic) bond motifs is 1. The molecule has 2 aliphatic rings. The SMILES string of the molecule is CCc1ccc2c(c1)C(N1CCNCC1)C(=O)N2. The van der Waals surface area contributed by atoms with Crippen LogP contribution < -0.4 is 10.6 Å². The number of benzene rings is 1. The summed E-state index contributed by atoms with van der Waals surface area (Å²) in [5.74, 6) is 0.125. The quantitative estimate of drug-likeness (QED) is 0.821. The summed E-state index contributed by atoms with van der Waals surface area (Å²) in [6, 6.07) is 6.22. The smallest absolute Gasteiger partial charge is 0.246 e. The van der Waals surface area contributed by atoms with Crippen molar-refractivity contribution < 1.29 is 4.79 Å². The second kappa shape index (κ2) is 4.71. The fraction of sp³-hybridized carbons (Fsp3) is 0.500. The zero-order valence-electron chi connectivity index (χ0n) is 10.7. The van der Waals surface area contributed by atoms with Crippen LogP contribution in [0.5, 0.6) is 0 Å². The van der Waals surface area contributed by atoms with Crippen molar-refractivity contribution in [3.8, 4) is 0 Å². The van der Waals surface area contributed by atoms with Crippen LogP contribution in [-0.4, -0.2) is 37.0 Å². The molecule has 0 aromatic heterocycles. The fourth-order valence-electron chi connectivity index (χ4n) is 2.82. The molecule has 0 aliphatic carbocycles. The van der Waals surface area contributed by atoms with Gasteiger partial charge in [0.25, 0.3) is 0 Å². The standard InChI is InChI=1S/C14H19N3O/c1-2-10-3-4-12-11(9-10)13(14(18)16-12)17-7-5-15-6-8-17/h3-4,9,13,15H,2,5-8H2,1H3,(H,16,18). The predicted molar refractivity (Wildman–Crippen MR) is 71.6 cm³/mol. The van der Waals surface area contributed by atoms with E-state index in [4.69, 9.17) is 0 Å². The van der Waals surface area contributed by atoms with Gasteiger partial charge in [-0.05, 0) is 18.1 Å². The van der Waals surface area contributed by atoms with Crippen molar-refractivity contribution in [1.82, 2.24) is 10.2 Å². The molecule has 2 N–H and O–H groups in total. The van der Waals surface area contributed by atoms with E-state index in [1.165, 1.54) is 5.56 Å². The minimum atomic E-state index is -0.0893. The van der Waals surface area contributed by atoms with Gasteiger partial charge >= 0.3 is 0 Å². The molecule has 1 aromatic carbocycles. The van der Waals surface area contributed by atoms with Crippen LogP contribution in [0.25, 0.3) is 0 Å². The number of hydrogen-bond donors (Lipinski definition) is 2. The highest BCUT2D eigenvalue weighted by Crippen LogP contribution is 2.35. The Balaban J connectivity index is 1.93. The van der Waals surface area contributed by atoms with Crippen molar-refractivity contribution in [2.45, 2.75) is 19.4 Å². The highest BCUT2D eigenvalue weighted by Gasteiger charge is 2.35. The molecule has 4 nitrogen and oxygen atoms in total. The van der Waals surface area contributed by atoms with Gasteiger partial charge in [-0.3, -0.25) is 9.69 Å². The molecule has 0 saturated carbocycles. The summed E-state index contributed by atoms with van der Waals surface area (Å²) in [6.07, 6.45) is 1.01. The lowest BCUT2D eigenvalue weighted by atomic mass is 10.0. The molecule has 4 heteroatoms. The lowest BCUT2D eigenvalue weighted by Crippen LogP contribution is -2.46. The first kappa shape index (κ1) is 11.7. The summed E-state index contributed by atoms with van der Waals surface area (Å²) in [7, 11) is 0. The van der Waals surface area contributed by atoms with Gasteiger partial charge in [-0.25, -0.2) is 0 Å². The normalized spacial score (nSPS) is 23.8. The topological polar surface area (TPSA) is 44.4 Å². The molecule has 0 radical (unpaired) electrons. The van der Waals surface area contributed by atoms with Crippen LogP contribution in [0, 0.1) is 0 Å². The summed E-state index contributed by atoms with van der Waals surface area (Å²) >= 11 is 0. The first-order valence-corrected chi connectivity index (χ1v) is 6.68. The Morgan fingerprint density at radius 3 is 2.83 bits per heavy atom. The van der Waals surface area contributed by atoms with Crippen molar-refractivity contribution in [1.29, 1.82) is 0 Å². The number of aryl methyl sites for hydroxylation is 1. The number of amides is 1. The third-order valence-corrected chi connectivity index (χ3v) is 3.84. The second-order valence-corrected chi connectivity index (χ2v) is 4.95. The number of piperazine rings is 1. The monoisotopic (exact) mass is 245 g/mol. The van der Waals surface area contributed by atoms with Gasteiger partial charge in [-0.15, -0.1) is 0 Å². The number of carbonyl (C=O) groups excluding carboxylic acids is 1. The van der Waals surface area contributed by atoms with Crippen molar-refractivity contribution in [3.63, 3.8) is 0 Å². The van der Waals surface area contributed by atoms with E-state index in [1.54, 1.807) is 0 Å². The molecule has 0 spiro atoms. The van der Waals surface area contributed by atoms with E-state index >= 15 is 0 Å². The van der Waals surface area contributed by atoms with E-state index < -0.39 is 0 Å². The Bertz CT molecular complexity index is 466. The summed E-state index contributed by atoms with van der Waals surface area (Å²) in [5.41, 5.74) is 3.44. The Morgan fingerprint density at radius 2 is 2.11 bits per heavy atom. The summed E-state index contributed by atoms with van der Waals surface area (Å²) < 4.78 is 0. The van der Waals surface area contributed by atoms with Gasteiger partial charge in [0.2, 0.25) is 5.91 Å². The van der Waals surface area contributed by atoms with Crippen LogP contribution in [0.15, 0.2) is 18.2 Å². The molecule has 1 aromatic rings. The van der Waals surface area contributed by atoms with Gasteiger partial charge in [0.05, 0.1) is 0 Å². The summed E-state index contributed by atoms with van der Waals surface area (Å²) in [6.45, 7) is 5.95. The van der Waals surface area contributed by atoms with Crippen molar-refractivity contribution in [2.24, 2.45) is 0 Å². The number of nitrogens with zero attached hydrogens (tertiary/aromatic N) is 1. The number of rotatable bonds is 2. The number of anilines is 1. The number of hydrogen-bond acceptors (Lipinski definition) is 3. The maximum absolute atomic E-state index is 12.2. The molecule has 0 bridgehead atoms. The molecular formula is C14H19N3O. The molecule has 2 heterocycles. The highest BCUT2D eigenvalue weighted by atomic mass is 16.2. The Hall–Kier alpha value is -1.39. The minimum absolute atomic E-state index is 0.0893. The third-order valence-electron chi connectivity index (χ3n) is 3.84. The molecule has 2 aliphatic heterocycles. The zero-order valence-corrected chi connectivity index (χ0v) is 10.7. The van der Waals surface area contributed by atoms with Crippen LogP contribution >= 0.6 is 0 Å². The van der Waals surface area contributed by atoms with Gasteiger partial charge < -0.3 is 10.6 Å². The molecule has 1 atom stereocenters. The van der Waals surface area contributed by atoms with Crippen LogP contribution in [0.4, 0.5) is 5.69 Å². The fourth-order valence-corrected chi connectivity index (χ4v) is 2.82. The van der Waals surface area contributed by atoms with Crippen molar-refractivity contribution >= 4 is 11.6 Å². The van der Waals surface area contributed by atoms with Crippen LogP contribution in [-0.2, 0) is 11.2 Å². The summed E-state index contributed by atoms with van der Waals surface area (Å²) in [5, 5.41) is 6.32. The zero-order chi connectivity index (χ0) is 12.5. The minimum Gasteiger partial charge on any atom is -0.324 e. The lowest BCUT2D eigenvalue weighted by molar-refractivity contribution is -0.121. The van der Waals surface area contributed by atoms with Gasteiger partial charge in [-0.2, -0.15) is 0 Å². The number of carbonyl (C=O) groups is 1. The predicted octanol–water partition coefficient (Wildman–Crippen LogP) is 1.15. The van der Waals surface area contributed by atoms with Gasteiger partial charge in [-0.1, -0.05) is 19.1 Å². The van der Waals surface area contributed by atoms with E-state index in [-0.39, 0.29) is 11.9 Å². The van der Waals surface area contributed by atoms with E-state index in [0.717, 1.165) is 43.9 Å². The second-order valence-electron chi connectivity index (χ2n) is 4.95. The van der Waals surface area contributed by atoms with Crippen LogP contribution in [0.1, 0.15) is 24.1 Å². The maximum atomic E-state index is 12.2. The maximum Gasteiger partial charge on any atom is 0.246 e. The molecule has 96 valence electrons. The van der Waals surface area contributed by atoms with Gasteiger partial charge in [0, 0.05) is 37.4 Å². The van der Waals surface area contributed by atoms with Crippen LogP contribution in [0.3, 0.4) is 0 Å². The van der Waals surface area contributed by atoms with E-state index in [1.807, 2.05) is 6.07 Å². The van der Waals surface area contributed by atoms with Crippen molar-refractivity contribution in [3.05, 3.63) is 29.3 Å². The Kier molecular flexibility index (Phi) is 3.06. The Morgan fingerprint density at radius 1 is 1.33 bits per heavy atom. The third kappa shape index (κ3) is 1.91. The first-order valence-electron chi connectivity index (χ1n) is 6.68. The van der Waals surface area contributed by atoms with E-state index in [2.05, 4.69) is 34.6 Å². The average molecular weight is 245 g/mol. The summed E-state index contributed by atoms with van der Waals surface area (Å²) in [4.78, 5) is 14.4. The van der Waals surface area contributed by atoms with E-state index in [9.17, 15) is 4.79 Å². The first-order chi connectivity index (χ1) is 8.79. The Labute approximate surface area is 107 Å². The molecule has 1 saturated heterocycles. The van der Waals surface area contributed by atoms with Gasteiger partial charge in [0.1, 0.15) is 6.04 Å².